The van der Waals surface area contributed by atoms with Gasteiger partial charge in [0, 0.05) is 36.2 Å². The minimum absolute atomic E-state index is 0.254. The summed E-state index contributed by atoms with van der Waals surface area (Å²) >= 11 is 6.10. The Bertz CT molecular complexity index is 988. The van der Waals surface area contributed by atoms with Gasteiger partial charge in [-0.3, -0.25) is 4.79 Å². The van der Waals surface area contributed by atoms with Gasteiger partial charge in [-0.2, -0.15) is 0 Å². The lowest BCUT2D eigenvalue weighted by Crippen LogP contribution is -2.31. The summed E-state index contributed by atoms with van der Waals surface area (Å²) in [4.78, 5) is 23.4. The number of fused-ring (bicyclic) bond motifs is 1. The van der Waals surface area contributed by atoms with Gasteiger partial charge in [-0.05, 0) is 42.2 Å². The molecule has 1 N–H and O–H groups in total. The maximum Gasteiger partial charge on any atom is 0.258 e. The lowest BCUT2D eigenvalue weighted by Gasteiger charge is -2.28. The Morgan fingerprint density at radius 3 is 2.59 bits per heavy atom. The van der Waals surface area contributed by atoms with Crippen molar-refractivity contribution in [2.45, 2.75) is 19.9 Å². The number of amides is 1. The average molecular weight is 379 g/mol. The van der Waals surface area contributed by atoms with E-state index in [1.165, 1.54) is 11.1 Å². The zero-order chi connectivity index (χ0) is 18.8. The van der Waals surface area contributed by atoms with E-state index in [-0.39, 0.29) is 5.91 Å². The van der Waals surface area contributed by atoms with Crippen molar-refractivity contribution in [2.24, 2.45) is 0 Å². The van der Waals surface area contributed by atoms with Gasteiger partial charge in [-0.15, -0.1) is 0 Å². The smallest absolute Gasteiger partial charge is 0.258 e. The van der Waals surface area contributed by atoms with Gasteiger partial charge in [0.15, 0.2) is 0 Å². The fourth-order valence-electron chi connectivity index (χ4n) is 3.21. The van der Waals surface area contributed by atoms with Gasteiger partial charge in [0.25, 0.3) is 5.91 Å². The maximum absolute atomic E-state index is 12.5. The van der Waals surface area contributed by atoms with Crippen molar-refractivity contribution < 1.29 is 4.79 Å². The molecule has 0 aliphatic carbocycles. The standard InChI is InChI=1S/C21H19ClN4O/c1-14-18(22)7-4-8-19(14)25-20(27)17-11-23-21(24-12-17)26-10-9-15-5-2-3-6-16(15)13-26/h2-8,11-12H,9-10,13H2,1H3,(H,25,27). The number of rotatable bonds is 3. The highest BCUT2D eigenvalue weighted by Gasteiger charge is 2.18. The molecule has 27 heavy (non-hydrogen) atoms. The molecule has 4 rings (SSSR count). The highest BCUT2D eigenvalue weighted by atomic mass is 35.5. The minimum atomic E-state index is -0.254. The third-order valence-corrected chi connectivity index (χ3v) is 5.24. The quantitative estimate of drug-likeness (QED) is 0.740. The monoisotopic (exact) mass is 378 g/mol. The number of carbonyl (C=O) groups excluding carboxylic acids is 1. The first-order valence-electron chi connectivity index (χ1n) is 8.82. The van der Waals surface area contributed by atoms with E-state index >= 15 is 0 Å². The van der Waals surface area contributed by atoms with Crippen molar-refractivity contribution >= 4 is 29.1 Å². The molecule has 0 bridgehead atoms. The molecule has 6 heteroatoms. The second-order valence-corrected chi connectivity index (χ2v) is 6.99. The van der Waals surface area contributed by atoms with E-state index in [1.807, 2.05) is 13.0 Å². The molecule has 5 nitrogen and oxygen atoms in total. The van der Waals surface area contributed by atoms with Crippen molar-refractivity contribution in [3.05, 3.63) is 82.1 Å². The molecule has 0 fully saturated rings. The van der Waals surface area contributed by atoms with Gasteiger partial charge >= 0.3 is 0 Å². The molecule has 1 aromatic heterocycles. The highest BCUT2D eigenvalue weighted by molar-refractivity contribution is 6.31. The summed E-state index contributed by atoms with van der Waals surface area (Å²) in [5.41, 5.74) is 4.60. The average Bonchev–Trinajstić information content (AvgIpc) is 2.71. The van der Waals surface area contributed by atoms with Crippen LogP contribution in [0.2, 0.25) is 5.02 Å². The summed E-state index contributed by atoms with van der Waals surface area (Å²) in [5, 5.41) is 3.48. The van der Waals surface area contributed by atoms with Crippen molar-refractivity contribution in [1.82, 2.24) is 9.97 Å². The van der Waals surface area contributed by atoms with Crippen molar-refractivity contribution in [3.63, 3.8) is 0 Å². The fraction of sp³-hybridized carbons (Fsp3) is 0.190. The van der Waals surface area contributed by atoms with Crippen LogP contribution in [0.4, 0.5) is 11.6 Å². The molecule has 0 radical (unpaired) electrons. The normalized spacial score (nSPS) is 13.2. The van der Waals surface area contributed by atoms with E-state index in [9.17, 15) is 4.79 Å². The molecular weight excluding hydrogens is 360 g/mol. The van der Waals surface area contributed by atoms with Crippen LogP contribution in [0.15, 0.2) is 54.9 Å². The van der Waals surface area contributed by atoms with Gasteiger partial charge in [0.05, 0.1) is 5.56 Å². The predicted molar refractivity (Wildman–Crippen MR) is 107 cm³/mol. The van der Waals surface area contributed by atoms with Crippen LogP contribution >= 0.6 is 11.6 Å². The Labute approximate surface area is 163 Å². The molecule has 0 unspecified atom stereocenters. The molecular formula is C21H19ClN4O. The van der Waals surface area contributed by atoms with E-state index < -0.39 is 0 Å². The molecule has 0 spiro atoms. The Morgan fingerprint density at radius 1 is 1.07 bits per heavy atom. The van der Waals surface area contributed by atoms with Crippen LogP contribution in [0, 0.1) is 6.92 Å². The molecule has 3 aromatic rings. The number of carbonyl (C=O) groups is 1. The molecule has 0 atom stereocenters. The van der Waals surface area contributed by atoms with Gasteiger partial charge in [0.1, 0.15) is 0 Å². The van der Waals surface area contributed by atoms with Crippen molar-refractivity contribution in [2.75, 3.05) is 16.8 Å². The summed E-state index contributed by atoms with van der Waals surface area (Å²) in [5.74, 6) is 0.385. The zero-order valence-corrected chi connectivity index (χ0v) is 15.7. The van der Waals surface area contributed by atoms with E-state index in [4.69, 9.17) is 11.6 Å². The Balaban J connectivity index is 1.48. The number of anilines is 2. The number of hydrogen-bond acceptors (Lipinski definition) is 4. The first-order valence-corrected chi connectivity index (χ1v) is 9.20. The molecule has 0 saturated heterocycles. The number of nitrogens with one attached hydrogen (secondary N) is 1. The third-order valence-electron chi connectivity index (χ3n) is 4.83. The summed E-state index contributed by atoms with van der Waals surface area (Å²) in [7, 11) is 0. The largest absolute Gasteiger partial charge is 0.336 e. The topological polar surface area (TPSA) is 58.1 Å². The molecule has 1 amide bonds. The first-order chi connectivity index (χ1) is 13.1. The van der Waals surface area contributed by atoms with Gasteiger partial charge in [0.2, 0.25) is 5.95 Å². The van der Waals surface area contributed by atoms with Gasteiger partial charge in [-0.1, -0.05) is 41.9 Å². The van der Waals surface area contributed by atoms with Crippen LogP contribution < -0.4 is 10.2 Å². The van der Waals surface area contributed by atoms with Crippen LogP contribution in [0.5, 0.6) is 0 Å². The van der Waals surface area contributed by atoms with E-state index in [0.717, 1.165) is 25.1 Å². The van der Waals surface area contributed by atoms with Crippen LogP contribution in [-0.2, 0) is 13.0 Å². The Hall–Kier alpha value is -2.92. The molecule has 2 heterocycles. The Morgan fingerprint density at radius 2 is 1.81 bits per heavy atom. The Kier molecular flexibility index (Phi) is 4.77. The first kappa shape index (κ1) is 17.5. The number of hydrogen-bond donors (Lipinski definition) is 1. The van der Waals surface area contributed by atoms with E-state index in [2.05, 4.69) is 44.5 Å². The van der Waals surface area contributed by atoms with Crippen LogP contribution in [-0.4, -0.2) is 22.4 Å². The summed E-state index contributed by atoms with van der Waals surface area (Å²) in [6, 6.07) is 13.8. The van der Waals surface area contributed by atoms with Crippen LogP contribution in [0.3, 0.4) is 0 Å². The van der Waals surface area contributed by atoms with Crippen LogP contribution in [0.25, 0.3) is 0 Å². The number of halogens is 1. The lowest BCUT2D eigenvalue weighted by atomic mass is 10.0. The highest BCUT2D eigenvalue weighted by Crippen LogP contribution is 2.24. The minimum Gasteiger partial charge on any atom is -0.336 e. The van der Waals surface area contributed by atoms with Crippen molar-refractivity contribution in [1.29, 1.82) is 0 Å². The van der Waals surface area contributed by atoms with Gasteiger partial charge in [-0.25, -0.2) is 9.97 Å². The summed E-state index contributed by atoms with van der Waals surface area (Å²) in [6.45, 7) is 3.51. The zero-order valence-electron chi connectivity index (χ0n) is 14.9. The molecule has 136 valence electrons. The fourth-order valence-corrected chi connectivity index (χ4v) is 3.38. The second kappa shape index (κ2) is 7.37. The number of benzene rings is 2. The molecule has 0 saturated carbocycles. The summed E-state index contributed by atoms with van der Waals surface area (Å²) < 4.78 is 0. The SMILES string of the molecule is Cc1c(Cl)cccc1NC(=O)c1cnc(N2CCc3ccccc3C2)nc1. The molecule has 2 aromatic carbocycles. The van der Waals surface area contributed by atoms with Crippen molar-refractivity contribution in [3.8, 4) is 0 Å². The van der Waals surface area contributed by atoms with E-state index in [1.54, 1.807) is 24.5 Å². The lowest BCUT2D eigenvalue weighted by molar-refractivity contribution is 0.102. The molecule has 1 aliphatic rings. The van der Waals surface area contributed by atoms with Gasteiger partial charge < -0.3 is 10.2 Å². The third kappa shape index (κ3) is 3.64. The number of aromatic nitrogens is 2. The number of nitrogens with zero attached hydrogens (tertiary/aromatic N) is 3. The second-order valence-electron chi connectivity index (χ2n) is 6.58. The predicted octanol–water partition coefficient (Wildman–Crippen LogP) is 4.25. The van der Waals surface area contributed by atoms with E-state index in [0.29, 0.717) is 22.2 Å². The summed E-state index contributed by atoms with van der Waals surface area (Å²) in [6.07, 6.45) is 4.10. The van der Waals surface area contributed by atoms with Crippen LogP contribution in [0.1, 0.15) is 27.0 Å². The molecule has 1 aliphatic heterocycles. The maximum atomic E-state index is 12.5.